The third kappa shape index (κ3) is 5.14. The molecular weight excluding hydrogens is 449 g/mol. The van der Waals surface area contributed by atoms with Gasteiger partial charge in [0.1, 0.15) is 0 Å². The molecule has 0 atom stereocenters. The van der Waals surface area contributed by atoms with Crippen molar-refractivity contribution in [2.45, 2.75) is 19.8 Å². The van der Waals surface area contributed by atoms with Crippen LogP contribution in [0.5, 0.6) is 0 Å². The Kier molecular flexibility index (Phi) is 6.82. The molecule has 166 valence electrons. The molecule has 0 bridgehead atoms. The highest BCUT2D eigenvalue weighted by atomic mass is 35.5. The molecule has 1 aliphatic heterocycles. The Bertz CT molecular complexity index is 1120. The summed E-state index contributed by atoms with van der Waals surface area (Å²) in [6.07, 6.45) is 2.38. The number of aryl methyl sites for hydroxylation is 1. The largest absolute Gasteiger partial charge is 0.441 e. The van der Waals surface area contributed by atoms with E-state index < -0.39 is 0 Å². The van der Waals surface area contributed by atoms with Gasteiger partial charge in [0.15, 0.2) is 17.4 Å². The highest BCUT2D eigenvalue weighted by Crippen LogP contribution is 2.31. The van der Waals surface area contributed by atoms with Crippen molar-refractivity contribution in [2.24, 2.45) is 0 Å². The minimum Gasteiger partial charge on any atom is -0.441 e. The molecule has 4 rings (SSSR count). The first-order valence-corrected chi connectivity index (χ1v) is 11.2. The third-order valence-corrected chi connectivity index (χ3v) is 6.12. The van der Waals surface area contributed by atoms with Crippen LogP contribution in [0.3, 0.4) is 0 Å². The molecule has 2 aromatic carbocycles. The fourth-order valence-corrected chi connectivity index (χ4v) is 4.23. The van der Waals surface area contributed by atoms with Gasteiger partial charge in [0.05, 0.1) is 11.2 Å². The Morgan fingerprint density at radius 1 is 1.03 bits per heavy atom. The van der Waals surface area contributed by atoms with Crippen molar-refractivity contribution < 1.29 is 14.0 Å². The Morgan fingerprint density at radius 3 is 2.41 bits per heavy atom. The zero-order valence-corrected chi connectivity index (χ0v) is 19.2. The number of nitrogens with zero attached hydrogens (tertiary/aromatic N) is 3. The predicted octanol–water partition coefficient (Wildman–Crippen LogP) is 5.13. The van der Waals surface area contributed by atoms with E-state index in [0.29, 0.717) is 58.8 Å². The van der Waals surface area contributed by atoms with E-state index in [0.717, 1.165) is 18.8 Å². The number of ketones is 1. The number of aromatic nitrogens is 1. The lowest BCUT2D eigenvalue weighted by atomic mass is 10.1. The van der Waals surface area contributed by atoms with Gasteiger partial charge in [0.25, 0.3) is 0 Å². The van der Waals surface area contributed by atoms with Gasteiger partial charge in [-0.1, -0.05) is 23.2 Å². The maximum Gasteiger partial charge on any atom is 0.223 e. The maximum absolute atomic E-state index is 12.7. The van der Waals surface area contributed by atoms with Crippen LogP contribution in [0.25, 0.3) is 11.3 Å². The summed E-state index contributed by atoms with van der Waals surface area (Å²) in [5, 5.41) is 1.04. The van der Waals surface area contributed by atoms with Crippen molar-refractivity contribution in [3.63, 3.8) is 0 Å². The number of carbonyl (C=O) groups excluding carboxylic acids is 2. The monoisotopic (exact) mass is 471 g/mol. The molecule has 1 amide bonds. The average molecular weight is 472 g/mol. The molecule has 32 heavy (non-hydrogen) atoms. The quantitative estimate of drug-likeness (QED) is 0.466. The molecule has 2 heterocycles. The van der Waals surface area contributed by atoms with Crippen LogP contribution >= 0.6 is 23.2 Å². The summed E-state index contributed by atoms with van der Waals surface area (Å²) in [5.74, 6) is 1.20. The predicted molar refractivity (Wildman–Crippen MR) is 126 cm³/mol. The second-order valence-electron chi connectivity index (χ2n) is 7.71. The number of piperazine rings is 1. The smallest absolute Gasteiger partial charge is 0.223 e. The summed E-state index contributed by atoms with van der Waals surface area (Å²) in [6, 6.07) is 12.8. The number of Topliss-reactive ketones (excluding diaryl/α,β-unsaturated/α-hetero) is 1. The molecule has 0 spiro atoms. The van der Waals surface area contributed by atoms with E-state index in [4.69, 9.17) is 27.6 Å². The van der Waals surface area contributed by atoms with Crippen molar-refractivity contribution >= 4 is 40.6 Å². The molecule has 0 N–H and O–H groups in total. The van der Waals surface area contributed by atoms with Crippen LogP contribution in [0.2, 0.25) is 10.0 Å². The minimum absolute atomic E-state index is 0.0568. The van der Waals surface area contributed by atoms with E-state index in [9.17, 15) is 9.59 Å². The van der Waals surface area contributed by atoms with Crippen LogP contribution in [-0.4, -0.2) is 47.8 Å². The Hall–Kier alpha value is -2.83. The Balaban J connectivity index is 1.28. The molecule has 0 radical (unpaired) electrons. The van der Waals surface area contributed by atoms with Crippen molar-refractivity contribution in [1.82, 2.24) is 9.88 Å². The summed E-state index contributed by atoms with van der Waals surface area (Å²) in [5.41, 5.74) is 2.49. The summed E-state index contributed by atoms with van der Waals surface area (Å²) < 4.78 is 5.79. The molecule has 1 aliphatic rings. The van der Waals surface area contributed by atoms with Crippen LogP contribution in [0.1, 0.15) is 29.6 Å². The number of carbonyl (C=O) groups is 2. The molecule has 0 unspecified atom stereocenters. The van der Waals surface area contributed by atoms with Crippen molar-refractivity contribution in [3.8, 4) is 11.3 Å². The summed E-state index contributed by atoms with van der Waals surface area (Å²) in [4.78, 5) is 32.5. The molecule has 6 nitrogen and oxygen atoms in total. The molecule has 8 heteroatoms. The summed E-state index contributed by atoms with van der Waals surface area (Å²) >= 11 is 12.2. The average Bonchev–Trinajstić information content (AvgIpc) is 3.26. The number of anilines is 1. The highest BCUT2D eigenvalue weighted by molar-refractivity contribution is 6.36. The Morgan fingerprint density at radius 2 is 1.75 bits per heavy atom. The Labute approximate surface area is 196 Å². The SMILES string of the molecule is CC(=O)c1ccc(N2CCN(C(=O)CCc3ncc(-c4ccc(Cl)cc4Cl)o3)CC2)cc1. The van der Waals surface area contributed by atoms with Crippen LogP contribution in [0.15, 0.2) is 53.1 Å². The fourth-order valence-electron chi connectivity index (χ4n) is 3.73. The fraction of sp³-hybridized carbons (Fsp3) is 0.292. The number of rotatable bonds is 6. The molecule has 0 saturated carbocycles. The lowest BCUT2D eigenvalue weighted by Crippen LogP contribution is -2.48. The van der Waals surface area contributed by atoms with Gasteiger partial charge in [-0.15, -0.1) is 0 Å². The topological polar surface area (TPSA) is 66.7 Å². The third-order valence-electron chi connectivity index (χ3n) is 5.57. The number of halogens is 2. The van der Waals surface area contributed by atoms with Crippen molar-refractivity contribution in [3.05, 3.63) is 70.2 Å². The molecule has 1 fully saturated rings. The molecule has 3 aromatic rings. The molecule has 1 aromatic heterocycles. The number of oxazole rings is 1. The van der Waals surface area contributed by atoms with Crippen LogP contribution in [0.4, 0.5) is 5.69 Å². The number of hydrogen-bond donors (Lipinski definition) is 0. The van der Waals surface area contributed by atoms with Gasteiger partial charge in [-0.25, -0.2) is 4.98 Å². The van der Waals surface area contributed by atoms with E-state index in [-0.39, 0.29) is 11.7 Å². The maximum atomic E-state index is 12.7. The van der Waals surface area contributed by atoms with Gasteiger partial charge in [-0.2, -0.15) is 0 Å². The molecular formula is C24H23Cl2N3O3. The van der Waals surface area contributed by atoms with Gasteiger partial charge >= 0.3 is 0 Å². The highest BCUT2D eigenvalue weighted by Gasteiger charge is 2.22. The summed E-state index contributed by atoms with van der Waals surface area (Å²) in [7, 11) is 0. The van der Waals surface area contributed by atoms with Crippen LogP contribution in [0, 0.1) is 0 Å². The summed E-state index contributed by atoms with van der Waals surface area (Å²) in [6.45, 7) is 4.38. The van der Waals surface area contributed by atoms with E-state index in [1.807, 2.05) is 29.2 Å². The molecule has 1 saturated heterocycles. The van der Waals surface area contributed by atoms with Gasteiger partial charge < -0.3 is 14.2 Å². The van der Waals surface area contributed by atoms with Gasteiger partial charge in [-0.3, -0.25) is 9.59 Å². The van der Waals surface area contributed by atoms with Gasteiger partial charge in [0, 0.05) is 60.9 Å². The van der Waals surface area contributed by atoms with Crippen LogP contribution in [-0.2, 0) is 11.2 Å². The first-order valence-electron chi connectivity index (χ1n) is 10.4. The zero-order valence-electron chi connectivity index (χ0n) is 17.7. The van der Waals surface area contributed by atoms with Gasteiger partial charge in [0.2, 0.25) is 5.91 Å². The van der Waals surface area contributed by atoms with Gasteiger partial charge in [-0.05, 0) is 49.4 Å². The van der Waals surface area contributed by atoms with E-state index in [1.165, 1.54) is 0 Å². The second-order valence-corrected chi connectivity index (χ2v) is 8.56. The first-order chi connectivity index (χ1) is 15.4. The standard InChI is InChI=1S/C24H23Cl2N3O3/c1-16(30)17-2-5-19(6-3-17)28-10-12-29(13-11-28)24(31)9-8-23-27-15-22(32-23)20-7-4-18(25)14-21(20)26/h2-7,14-15H,8-13H2,1H3. The lowest BCUT2D eigenvalue weighted by molar-refractivity contribution is -0.131. The first kappa shape index (κ1) is 22.4. The number of amides is 1. The van der Waals surface area contributed by atoms with E-state index in [1.54, 1.807) is 31.3 Å². The van der Waals surface area contributed by atoms with Crippen LogP contribution < -0.4 is 4.90 Å². The van der Waals surface area contributed by atoms with E-state index >= 15 is 0 Å². The zero-order chi connectivity index (χ0) is 22.7. The van der Waals surface area contributed by atoms with Crippen molar-refractivity contribution in [2.75, 3.05) is 31.1 Å². The molecule has 0 aliphatic carbocycles. The van der Waals surface area contributed by atoms with Crippen molar-refractivity contribution in [1.29, 1.82) is 0 Å². The second kappa shape index (κ2) is 9.76. The van der Waals surface area contributed by atoms with E-state index in [2.05, 4.69) is 9.88 Å². The lowest BCUT2D eigenvalue weighted by Gasteiger charge is -2.36. The number of hydrogen-bond acceptors (Lipinski definition) is 5. The minimum atomic E-state index is 0.0568. The number of benzene rings is 2. The normalized spacial score (nSPS) is 14.0.